The van der Waals surface area contributed by atoms with E-state index in [0.717, 1.165) is 0 Å². The van der Waals surface area contributed by atoms with Crippen molar-refractivity contribution >= 4 is 22.9 Å². The van der Waals surface area contributed by atoms with Crippen LogP contribution in [0.15, 0.2) is 27.4 Å². The van der Waals surface area contributed by atoms with Crippen LogP contribution < -0.4 is 5.76 Å². The van der Waals surface area contributed by atoms with Gasteiger partial charge >= 0.3 is 11.7 Å². The van der Waals surface area contributed by atoms with Gasteiger partial charge in [0.05, 0.1) is 5.52 Å². The van der Waals surface area contributed by atoms with Crippen LogP contribution in [0.5, 0.6) is 0 Å². The van der Waals surface area contributed by atoms with Gasteiger partial charge in [-0.2, -0.15) is 0 Å². The van der Waals surface area contributed by atoms with Crippen LogP contribution in [-0.2, 0) is 11.3 Å². The van der Waals surface area contributed by atoms with Crippen LogP contribution in [-0.4, -0.2) is 21.4 Å². The van der Waals surface area contributed by atoms with Gasteiger partial charge in [0.25, 0.3) is 5.78 Å². The molecule has 0 saturated carbocycles. The van der Waals surface area contributed by atoms with Crippen LogP contribution in [0, 0.1) is 0 Å². The summed E-state index contributed by atoms with van der Waals surface area (Å²) in [6.07, 6.45) is 0. The molecule has 17 heavy (non-hydrogen) atoms. The third-order valence-corrected chi connectivity index (χ3v) is 2.44. The first-order chi connectivity index (χ1) is 8.04. The smallest absolute Gasteiger partial charge is 0.419 e. The molecule has 6 heteroatoms. The lowest BCUT2D eigenvalue weighted by molar-refractivity contribution is -0.131. The van der Waals surface area contributed by atoms with Gasteiger partial charge in [-0.1, -0.05) is 0 Å². The normalized spacial score (nSPS) is 10.6. The maximum atomic E-state index is 11.4. The van der Waals surface area contributed by atoms with E-state index in [1.807, 2.05) is 0 Å². The monoisotopic (exact) mass is 235 g/mol. The zero-order valence-corrected chi connectivity index (χ0v) is 8.97. The van der Waals surface area contributed by atoms with Crippen molar-refractivity contribution < 1.29 is 19.1 Å². The Morgan fingerprint density at radius 2 is 2.12 bits per heavy atom. The van der Waals surface area contributed by atoms with Crippen LogP contribution in [0.1, 0.15) is 17.3 Å². The van der Waals surface area contributed by atoms with E-state index >= 15 is 0 Å². The minimum Gasteiger partial charge on any atom is -0.475 e. The minimum atomic E-state index is -1.54. The molecule has 0 saturated heterocycles. The van der Waals surface area contributed by atoms with Gasteiger partial charge in [0.2, 0.25) is 0 Å². The number of oxazole rings is 1. The second kappa shape index (κ2) is 3.89. The van der Waals surface area contributed by atoms with E-state index in [0.29, 0.717) is 12.1 Å². The lowest BCUT2D eigenvalue weighted by atomic mass is 10.1. The van der Waals surface area contributed by atoms with Gasteiger partial charge in [-0.15, -0.1) is 0 Å². The molecular formula is C11H9NO5. The summed E-state index contributed by atoms with van der Waals surface area (Å²) >= 11 is 0. The molecule has 0 aliphatic rings. The number of hydrogen-bond donors (Lipinski definition) is 1. The Kier molecular flexibility index (Phi) is 2.55. The number of rotatable bonds is 3. The Hall–Kier alpha value is -2.37. The molecule has 1 aromatic heterocycles. The number of fused-ring (bicyclic) bond motifs is 1. The molecule has 1 heterocycles. The molecule has 2 rings (SSSR count). The molecule has 0 amide bonds. The molecule has 0 radical (unpaired) electrons. The summed E-state index contributed by atoms with van der Waals surface area (Å²) in [5, 5.41) is 8.57. The summed E-state index contributed by atoms with van der Waals surface area (Å²) in [6.45, 7) is 2.23. The Morgan fingerprint density at radius 1 is 1.41 bits per heavy atom. The number of nitrogens with zero attached hydrogens (tertiary/aromatic N) is 1. The molecule has 0 bridgehead atoms. The Balaban J connectivity index is 2.64. The van der Waals surface area contributed by atoms with Crippen molar-refractivity contribution in [2.24, 2.45) is 0 Å². The number of benzene rings is 1. The average Bonchev–Trinajstić information content (AvgIpc) is 2.61. The molecule has 1 aromatic carbocycles. The van der Waals surface area contributed by atoms with Gasteiger partial charge in [-0.05, 0) is 25.1 Å². The molecule has 0 aliphatic carbocycles. The van der Waals surface area contributed by atoms with E-state index in [4.69, 9.17) is 9.52 Å². The molecule has 6 nitrogen and oxygen atoms in total. The van der Waals surface area contributed by atoms with E-state index < -0.39 is 17.5 Å². The number of Topliss-reactive ketones (excluding diaryl/α,β-unsaturated/α-hetero) is 1. The number of aryl methyl sites for hydroxylation is 1. The molecule has 2 aromatic rings. The zero-order chi connectivity index (χ0) is 12.6. The molecule has 0 fully saturated rings. The van der Waals surface area contributed by atoms with Crippen molar-refractivity contribution in [3.63, 3.8) is 0 Å². The first-order valence-electron chi connectivity index (χ1n) is 4.95. The molecule has 0 aliphatic heterocycles. The van der Waals surface area contributed by atoms with Crippen LogP contribution in [0.3, 0.4) is 0 Å². The van der Waals surface area contributed by atoms with Crippen LogP contribution in [0.25, 0.3) is 11.1 Å². The number of carbonyl (C=O) groups is 2. The summed E-state index contributed by atoms with van der Waals surface area (Å²) < 4.78 is 6.32. The number of ketones is 1. The van der Waals surface area contributed by atoms with Crippen molar-refractivity contribution in [3.8, 4) is 0 Å². The highest BCUT2D eigenvalue weighted by Gasteiger charge is 2.17. The fraction of sp³-hybridized carbons (Fsp3) is 0.182. The van der Waals surface area contributed by atoms with Crippen molar-refractivity contribution in [1.82, 2.24) is 4.57 Å². The quantitative estimate of drug-likeness (QED) is 0.630. The first kappa shape index (κ1) is 11.1. The van der Waals surface area contributed by atoms with Crippen molar-refractivity contribution in [2.45, 2.75) is 13.5 Å². The highest BCUT2D eigenvalue weighted by atomic mass is 16.4. The lowest BCUT2D eigenvalue weighted by Crippen LogP contribution is -2.13. The highest BCUT2D eigenvalue weighted by Crippen LogP contribution is 2.15. The molecule has 1 N–H and O–H groups in total. The number of hydrogen-bond acceptors (Lipinski definition) is 4. The predicted molar refractivity (Wildman–Crippen MR) is 58.1 cm³/mol. The summed E-state index contributed by atoms with van der Waals surface area (Å²) in [4.78, 5) is 33.1. The van der Waals surface area contributed by atoms with Crippen LogP contribution in [0.2, 0.25) is 0 Å². The van der Waals surface area contributed by atoms with Gasteiger partial charge in [0.15, 0.2) is 5.58 Å². The van der Waals surface area contributed by atoms with Gasteiger partial charge in [0.1, 0.15) is 0 Å². The Bertz CT molecular complexity index is 664. The number of carboxylic acid groups (broad SMARTS) is 1. The highest BCUT2D eigenvalue weighted by molar-refractivity contribution is 6.40. The van der Waals surface area contributed by atoms with E-state index in [-0.39, 0.29) is 11.1 Å². The van der Waals surface area contributed by atoms with Crippen molar-refractivity contribution in [3.05, 3.63) is 34.3 Å². The molecule has 0 unspecified atom stereocenters. The Labute approximate surface area is 95.1 Å². The van der Waals surface area contributed by atoms with Crippen LogP contribution >= 0.6 is 0 Å². The second-order valence-electron chi connectivity index (χ2n) is 3.43. The third kappa shape index (κ3) is 1.73. The standard InChI is InChI=1S/C11H9NO5/c1-2-12-7-4-3-6(9(13)10(14)15)5-8(7)17-11(12)16/h3-5H,2H2,1H3,(H,14,15). The van der Waals surface area contributed by atoms with Gasteiger partial charge in [-0.25, -0.2) is 9.59 Å². The van der Waals surface area contributed by atoms with Gasteiger partial charge in [0, 0.05) is 12.1 Å². The number of carbonyl (C=O) groups excluding carboxylic acids is 1. The maximum absolute atomic E-state index is 11.4. The molecule has 88 valence electrons. The fourth-order valence-corrected chi connectivity index (χ4v) is 1.63. The minimum absolute atomic E-state index is 0.0120. The van der Waals surface area contributed by atoms with E-state index in [9.17, 15) is 14.4 Å². The van der Waals surface area contributed by atoms with Gasteiger partial charge in [-0.3, -0.25) is 9.36 Å². The first-order valence-corrected chi connectivity index (χ1v) is 4.95. The zero-order valence-electron chi connectivity index (χ0n) is 8.97. The fourth-order valence-electron chi connectivity index (χ4n) is 1.63. The summed E-state index contributed by atoms with van der Waals surface area (Å²) in [7, 11) is 0. The van der Waals surface area contributed by atoms with Crippen LogP contribution in [0.4, 0.5) is 0 Å². The third-order valence-electron chi connectivity index (χ3n) is 2.44. The molecular weight excluding hydrogens is 226 g/mol. The van der Waals surface area contributed by atoms with Gasteiger partial charge < -0.3 is 9.52 Å². The summed E-state index contributed by atoms with van der Waals surface area (Å²) in [6, 6.07) is 4.12. The second-order valence-corrected chi connectivity index (χ2v) is 3.43. The lowest BCUT2D eigenvalue weighted by Gasteiger charge is -1.97. The van der Waals surface area contributed by atoms with E-state index in [2.05, 4.69) is 0 Å². The SMILES string of the molecule is CCn1c(=O)oc2cc(C(=O)C(=O)O)ccc21. The predicted octanol–water partition coefficient (Wildman–Crippen LogP) is 0.882. The number of aromatic nitrogens is 1. The average molecular weight is 235 g/mol. The Morgan fingerprint density at radius 3 is 2.71 bits per heavy atom. The number of aliphatic carboxylic acids is 1. The van der Waals surface area contributed by atoms with E-state index in [1.54, 1.807) is 6.92 Å². The van der Waals surface area contributed by atoms with Crippen molar-refractivity contribution in [2.75, 3.05) is 0 Å². The summed E-state index contributed by atoms with van der Waals surface area (Å²) in [5.74, 6) is -3.09. The molecule has 0 spiro atoms. The van der Waals surface area contributed by atoms with E-state index in [1.165, 1.54) is 22.8 Å². The van der Waals surface area contributed by atoms with Crippen molar-refractivity contribution in [1.29, 1.82) is 0 Å². The maximum Gasteiger partial charge on any atom is 0.419 e. The topological polar surface area (TPSA) is 89.5 Å². The summed E-state index contributed by atoms with van der Waals surface area (Å²) in [5.41, 5.74) is 0.741. The largest absolute Gasteiger partial charge is 0.475 e. The number of carboxylic acids is 1. The molecule has 0 atom stereocenters.